The topological polar surface area (TPSA) is 34.0 Å². The number of hydrogen-bond acceptors (Lipinski definition) is 4. The van der Waals surface area contributed by atoms with Gasteiger partial charge in [-0.15, -0.1) is 11.3 Å². The molecule has 0 saturated heterocycles. The van der Waals surface area contributed by atoms with Gasteiger partial charge in [-0.1, -0.05) is 87.4 Å². The minimum Gasteiger partial charge on any atom is -0.326 e. The molecule has 0 N–H and O–H groups in total. The predicted molar refractivity (Wildman–Crippen MR) is 139 cm³/mol. The van der Waals surface area contributed by atoms with E-state index in [1.165, 1.54) is 34.7 Å². The SMILES string of the molecule is CCCCN(Cc1nccs1)Cc1c(-c2ccccc2)nc(-c2ccccc2)n1CCCC. The van der Waals surface area contributed by atoms with Crippen LogP contribution in [0.15, 0.2) is 72.2 Å². The van der Waals surface area contributed by atoms with Crippen molar-refractivity contribution in [2.24, 2.45) is 0 Å². The first kappa shape index (κ1) is 23.4. The summed E-state index contributed by atoms with van der Waals surface area (Å²) in [4.78, 5) is 12.4. The average Bonchev–Trinajstić information content (AvgIpc) is 3.50. The van der Waals surface area contributed by atoms with Gasteiger partial charge in [0.1, 0.15) is 10.8 Å². The third kappa shape index (κ3) is 5.98. The van der Waals surface area contributed by atoms with E-state index >= 15 is 0 Å². The lowest BCUT2D eigenvalue weighted by Crippen LogP contribution is -2.26. The van der Waals surface area contributed by atoms with Gasteiger partial charge < -0.3 is 4.57 Å². The predicted octanol–water partition coefficient (Wildman–Crippen LogP) is 7.28. The molecule has 0 aliphatic heterocycles. The van der Waals surface area contributed by atoms with E-state index in [9.17, 15) is 0 Å². The number of rotatable bonds is 12. The molecular formula is C28H34N4S. The fourth-order valence-corrected chi connectivity index (χ4v) is 4.83. The highest BCUT2D eigenvalue weighted by atomic mass is 32.1. The standard InChI is InChI=1S/C28H34N4S/c1-3-5-18-31(22-26-29-17-20-33-26)21-25-27(23-13-9-7-10-14-23)30-28(32(25)19-6-4-2)24-15-11-8-12-16-24/h7-17,20H,3-6,18-19,21-22H2,1-2H3. The quantitative estimate of drug-likeness (QED) is 0.224. The highest BCUT2D eigenvalue weighted by molar-refractivity contribution is 7.09. The third-order valence-corrected chi connectivity index (χ3v) is 6.70. The summed E-state index contributed by atoms with van der Waals surface area (Å²) < 4.78 is 2.47. The van der Waals surface area contributed by atoms with E-state index in [0.29, 0.717) is 0 Å². The molecule has 4 rings (SSSR count). The van der Waals surface area contributed by atoms with Crippen LogP contribution >= 0.6 is 11.3 Å². The van der Waals surface area contributed by atoms with Gasteiger partial charge in [-0.3, -0.25) is 4.90 Å². The van der Waals surface area contributed by atoms with Crippen LogP contribution in [0.3, 0.4) is 0 Å². The van der Waals surface area contributed by atoms with E-state index in [-0.39, 0.29) is 0 Å². The van der Waals surface area contributed by atoms with Crippen molar-refractivity contribution in [2.75, 3.05) is 6.54 Å². The minimum atomic E-state index is 0.868. The Hall–Kier alpha value is -2.76. The van der Waals surface area contributed by atoms with Crippen LogP contribution in [0.25, 0.3) is 22.6 Å². The lowest BCUT2D eigenvalue weighted by molar-refractivity contribution is 0.246. The first-order valence-corrected chi connectivity index (χ1v) is 13.0. The van der Waals surface area contributed by atoms with Crippen molar-refractivity contribution in [2.45, 2.75) is 59.2 Å². The van der Waals surface area contributed by atoms with Crippen molar-refractivity contribution in [1.29, 1.82) is 0 Å². The van der Waals surface area contributed by atoms with Crippen LogP contribution in [-0.2, 0) is 19.6 Å². The number of benzene rings is 2. The Labute approximate surface area is 202 Å². The maximum absolute atomic E-state index is 5.26. The first-order valence-electron chi connectivity index (χ1n) is 12.1. The molecule has 0 amide bonds. The normalized spacial score (nSPS) is 11.4. The zero-order valence-corrected chi connectivity index (χ0v) is 20.6. The summed E-state index contributed by atoms with van der Waals surface area (Å²) in [6.07, 6.45) is 6.57. The zero-order chi connectivity index (χ0) is 22.9. The van der Waals surface area contributed by atoms with E-state index in [1.807, 2.05) is 6.20 Å². The molecule has 0 fully saturated rings. The zero-order valence-electron chi connectivity index (χ0n) is 19.8. The molecule has 0 atom stereocenters. The van der Waals surface area contributed by atoms with Crippen molar-refractivity contribution >= 4 is 11.3 Å². The van der Waals surface area contributed by atoms with E-state index in [2.05, 4.69) is 94.3 Å². The maximum atomic E-state index is 5.26. The molecule has 0 spiro atoms. The Balaban J connectivity index is 1.79. The number of thiazole rings is 1. The second kappa shape index (κ2) is 11.9. The molecular weight excluding hydrogens is 424 g/mol. The van der Waals surface area contributed by atoms with Gasteiger partial charge in [-0.2, -0.15) is 0 Å². The van der Waals surface area contributed by atoms with Gasteiger partial charge in [0.05, 0.1) is 17.9 Å². The highest BCUT2D eigenvalue weighted by Gasteiger charge is 2.22. The van der Waals surface area contributed by atoms with Crippen LogP contribution in [0.1, 0.15) is 50.2 Å². The Kier molecular flexibility index (Phi) is 8.45. The Morgan fingerprint density at radius 2 is 1.55 bits per heavy atom. The molecule has 33 heavy (non-hydrogen) atoms. The number of unbranched alkanes of at least 4 members (excludes halogenated alkanes) is 2. The number of nitrogens with zero attached hydrogens (tertiary/aromatic N) is 4. The lowest BCUT2D eigenvalue weighted by atomic mass is 10.1. The Morgan fingerprint density at radius 1 is 0.848 bits per heavy atom. The molecule has 5 heteroatoms. The highest BCUT2D eigenvalue weighted by Crippen LogP contribution is 2.31. The monoisotopic (exact) mass is 458 g/mol. The summed E-state index contributed by atoms with van der Waals surface area (Å²) in [5, 5.41) is 3.25. The van der Waals surface area contributed by atoms with Crippen molar-refractivity contribution in [3.63, 3.8) is 0 Å². The largest absolute Gasteiger partial charge is 0.326 e. The van der Waals surface area contributed by atoms with Gasteiger partial charge in [0, 0.05) is 35.8 Å². The molecule has 0 bridgehead atoms. The van der Waals surface area contributed by atoms with Crippen molar-refractivity contribution in [1.82, 2.24) is 19.4 Å². The van der Waals surface area contributed by atoms with Gasteiger partial charge in [-0.25, -0.2) is 9.97 Å². The summed E-state index contributed by atoms with van der Waals surface area (Å²) in [5.74, 6) is 1.07. The minimum absolute atomic E-state index is 0.868. The molecule has 0 unspecified atom stereocenters. The van der Waals surface area contributed by atoms with Crippen molar-refractivity contribution in [3.05, 3.63) is 82.9 Å². The molecule has 172 valence electrons. The van der Waals surface area contributed by atoms with Gasteiger partial charge in [-0.05, 0) is 19.4 Å². The average molecular weight is 459 g/mol. The number of hydrogen-bond donors (Lipinski definition) is 0. The summed E-state index contributed by atoms with van der Waals surface area (Å²) in [5.41, 5.74) is 4.77. The van der Waals surface area contributed by atoms with Crippen LogP contribution in [0.2, 0.25) is 0 Å². The summed E-state index contributed by atoms with van der Waals surface area (Å²) >= 11 is 1.74. The molecule has 0 radical (unpaired) electrons. The van der Waals surface area contributed by atoms with E-state index in [4.69, 9.17) is 4.98 Å². The van der Waals surface area contributed by atoms with Crippen LogP contribution in [0, 0.1) is 0 Å². The van der Waals surface area contributed by atoms with Gasteiger partial charge in [0.2, 0.25) is 0 Å². The van der Waals surface area contributed by atoms with Gasteiger partial charge in [0.15, 0.2) is 0 Å². The molecule has 2 aromatic carbocycles. The molecule has 0 aliphatic rings. The fraction of sp³-hybridized carbons (Fsp3) is 0.357. The van der Waals surface area contributed by atoms with E-state index < -0.39 is 0 Å². The van der Waals surface area contributed by atoms with E-state index in [1.54, 1.807) is 11.3 Å². The van der Waals surface area contributed by atoms with Crippen molar-refractivity contribution < 1.29 is 0 Å². The molecule has 4 nitrogen and oxygen atoms in total. The van der Waals surface area contributed by atoms with Crippen LogP contribution in [0.4, 0.5) is 0 Å². The second-order valence-corrected chi connectivity index (χ2v) is 9.44. The van der Waals surface area contributed by atoms with Gasteiger partial charge in [0.25, 0.3) is 0 Å². The molecule has 2 heterocycles. The van der Waals surface area contributed by atoms with Gasteiger partial charge >= 0.3 is 0 Å². The van der Waals surface area contributed by atoms with Crippen molar-refractivity contribution in [3.8, 4) is 22.6 Å². The first-order chi connectivity index (χ1) is 16.3. The summed E-state index contributed by atoms with van der Waals surface area (Å²) in [6.45, 7) is 8.31. The number of aromatic nitrogens is 3. The maximum Gasteiger partial charge on any atom is 0.140 e. The Bertz CT molecular complexity index is 1090. The molecule has 4 aromatic rings. The fourth-order valence-electron chi connectivity index (χ4n) is 4.17. The summed E-state index contributed by atoms with van der Waals surface area (Å²) in [6, 6.07) is 21.3. The van der Waals surface area contributed by atoms with Crippen LogP contribution < -0.4 is 0 Å². The smallest absolute Gasteiger partial charge is 0.140 e. The summed E-state index contributed by atoms with van der Waals surface area (Å²) in [7, 11) is 0. The Morgan fingerprint density at radius 3 is 2.18 bits per heavy atom. The van der Waals surface area contributed by atoms with Crippen LogP contribution in [0.5, 0.6) is 0 Å². The number of imidazole rings is 1. The van der Waals surface area contributed by atoms with E-state index in [0.717, 1.165) is 50.5 Å². The van der Waals surface area contributed by atoms with Crippen LogP contribution in [-0.4, -0.2) is 26.0 Å². The second-order valence-electron chi connectivity index (χ2n) is 8.46. The molecule has 0 saturated carbocycles. The molecule has 0 aliphatic carbocycles. The third-order valence-electron chi connectivity index (χ3n) is 5.93. The lowest BCUT2D eigenvalue weighted by Gasteiger charge is -2.23. The molecule has 2 aromatic heterocycles.